The highest BCUT2D eigenvalue weighted by Gasteiger charge is 2.16. The van der Waals surface area contributed by atoms with Gasteiger partial charge >= 0.3 is 0 Å². The molecule has 110 valence electrons. The first-order chi connectivity index (χ1) is 10.0. The highest BCUT2D eigenvalue weighted by molar-refractivity contribution is 7.08. The number of hydrogen-bond acceptors (Lipinski definition) is 5. The summed E-state index contributed by atoms with van der Waals surface area (Å²) in [4.78, 5) is 26.1. The molecule has 0 saturated carbocycles. The number of anilines is 1. The Labute approximate surface area is 127 Å². The average molecular weight is 304 g/mol. The molecule has 0 aliphatic heterocycles. The van der Waals surface area contributed by atoms with Gasteiger partial charge in [-0.05, 0) is 36.2 Å². The third-order valence-corrected chi connectivity index (χ3v) is 3.64. The Kier molecular flexibility index (Phi) is 4.64. The van der Waals surface area contributed by atoms with E-state index in [1.165, 1.54) is 4.90 Å². The minimum atomic E-state index is -0.253. The van der Waals surface area contributed by atoms with Crippen LogP contribution in [-0.4, -0.2) is 40.4 Å². The number of amides is 2. The lowest BCUT2D eigenvalue weighted by Gasteiger charge is -2.11. The van der Waals surface area contributed by atoms with E-state index in [1.807, 2.05) is 6.92 Å². The molecule has 2 aromatic rings. The summed E-state index contributed by atoms with van der Waals surface area (Å²) in [7, 11) is 3.37. The van der Waals surface area contributed by atoms with Crippen LogP contribution in [0.2, 0.25) is 0 Å². The third kappa shape index (κ3) is 3.43. The number of aryl methyl sites for hydroxylation is 1. The molecule has 7 heteroatoms. The molecule has 0 unspecified atom stereocenters. The molecule has 0 radical (unpaired) electrons. The van der Waals surface area contributed by atoms with E-state index in [9.17, 15) is 9.59 Å². The molecule has 1 aromatic heterocycles. The van der Waals surface area contributed by atoms with Crippen molar-refractivity contribution < 1.29 is 9.59 Å². The van der Waals surface area contributed by atoms with Gasteiger partial charge in [0.25, 0.3) is 11.8 Å². The predicted molar refractivity (Wildman–Crippen MR) is 81.7 cm³/mol. The minimum absolute atomic E-state index is 0.111. The number of carbonyl (C=O) groups is 2. The van der Waals surface area contributed by atoms with Gasteiger partial charge in [0.05, 0.1) is 5.69 Å². The van der Waals surface area contributed by atoms with Gasteiger partial charge in [-0.3, -0.25) is 9.59 Å². The first-order valence-electron chi connectivity index (χ1n) is 6.47. The van der Waals surface area contributed by atoms with Crippen molar-refractivity contribution in [2.24, 2.45) is 0 Å². The van der Waals surface area contributed by atoms with Crippen LogP contribution in [0.3, 0.4) is 0 Å². The van der Waals surface area contributed by atoms with Gasteiger partial charge in [0, 0.05) is 25.3 Å². The monoisotopic (exact) mass is 304 g/mol. The molecule has 1 heterocycles. The Bertz CT molecular complexity index is 666. The van der Waals surface area contributed by atoms with Crippen molar-refractivity contribution in [3.05, 3.63) is 40.4 Å². The fourth-order valence-electron chi connectivity index (χ4n) is 1.79. The van der Waals surface area contributed by atoms with E-state index in [0.29, 0.717) is 28.2 Å². The van der Waals surface area contributed by atoms with Gasteiger partial charge in [-0.15, -0.1) is 5.10 Å². The molecular weight excluding hydrogens is 288 g/mol. The molecule has 21 heavy (non-hydrogen) atoms. The van der Waals surface area contributed by atoms with E-state index < -0.39 is 0 Å². The lowest BCUT2D eigenvalue weighted by atomic mass is 10.1. The summed E-state index contributed by atoms with van der Waals surface area (Å²) >= 11 is 1.07. The van der Waals surface area contributed by atoms with Gasteiger partial charge in [0.2, 0.25) is 0 Å². The second-order valence-electron chi connectivity index (χ2n) is 4.64. The summed E-state index contributed by atoms with van der Waals surface area (Å²) < 4.78 is 3.79. The molecule has 6 nitrogen and oxygen atoms in total. The Morgan fingerprint density at radius 3 is 2.76 bits per heavy atom. The molecule has 0 atom stereocenters. The minimum Gasteiger partial charge on any atom is -0.345 e. The van der Waals surface area contributed by atoms with Crippen molar-refractivity contribution >= 4 is 29.0 Å². The van der Waals surface area contributed by atoms with Gasteiger partial charge in [-0.25, -0.2) is 0 Å². The zero-order valence-corrected chi connectivity index (χ0v) is 12.9. The van der Waals surface area contributed by atoms with E-state index >= 15 is 0 Å². The van der Waals surface area contributed by atoms with Gasteiger partial charge in [0.1, 0.15) is 4.88 Å². The van der Waals surface area contributed by atoms with Gasteiger partial charge in [-0.2, -0.15) is 0 Å². The van der Waals surface area contributed by atoms with Crippen LogP contribution in [0.5, 0.6) is 0 Å². The number of nitrogens with one attached hydrogen (secondary N) is 1. The largest absolute Gasteiger partial charge is 0.345 e. The topological polar surface area (TPSA) is 75.2 Å². The molecule has 0 spiro atoms. The third-order valence-electron chi connectivity index (χ3n) is 2.87. The zero-order chi connectivity index (χ0) is 15.4. The quantitative estimate of drug-likeness (QED) is 0.938. The lowest BCUT2D eigenvalue weighted by molar-refractivity contribution is 0.0827. The summed E-state index contributed by atoms with van der Waals surface area (Å²) in [5.41, 5.74) is 1.78. The summed E-state index contributed by atoms with van der Waals surface area (Å²) in [5, 5.41) is 6.69. The molecular formula is C14H16N4O2S. The SMILES string of the molecule is CCc1nnsc1C(=O)Nc1cccc(C(=O)N(C)C)c1. The van der Waals surface area contributed by atoms with E-state index in [4.69, 9.17) is 0 Å². The lowest BCUT2D eigenvalue weighted by Crippen LogP contribution is -2.22. The molecule has 0 aliphatic rings. The van der Waals surface area contributed by atoms with E-state index in [2.05, 4.69) is 14.9 Å². The van der Waals surface area contributed by atoms with Crippen molar-refractivity contribution in [3.63, 3.8) is 0 Å². The van der Waals surface area contributed by atoms with Crippen LogP contribution in [0.15, 0.2) is 24.3 Å². The van der Waals surface area contributed by atoms with Crippen LogP contribution in [0.1, 0.15) is 32.6 Å². The molecule has 0 saturated heterocycles. The number of carbonyl (C=O) groups excluding carboxylic acids is 2. The van der Waals surface area contributed by atoms with Gasteiger partial charge in [-0.1, -0.05) is 17.5 Å². The summed E-state index contributed by atoms with van der Waals surface area (Å²) in [6.45, 7) is 1.92. The fraction of sp³-hybridized carbons (Fsp3) is 0.286. The highest BCUT2D eigenvalue weighted by atomic mass is 32.1. The number of rotatable bonds is 4. The smallest absolute Gasteiger partial charge is 0.269 e. The summed E-state index contributed by atoms with van der Waals surface area (Å²) in [6, 6.07) is 6.84. The molecule has 1 aromatic carbocycles. The maximum Gasteiger partial charge on any atom is 0.269 e. The molecule has 1 N–H and O–H groups in total. The van der Waals surface area contributed by atoms with Crippen molar-refractivity contribution in [2.75, 3.05) is 19.4 Å². The molecule has 2 amide bonds. The molecule has 0 bridgehead atoms. The first kappa shape index (κ1) is 15.1. The maximum atomic E-state index is 12.2. The second-order valence-corrected chi connectivity index (χ2v) is 5.39. The van der Waals surface area contributed by atoms with Crippen LogP contribution in [0.4, 0.5) is 5.69 Å². The number of benzene rings is 1. The zero-order valence-electron chi connectivity index (χ0n) is 12.1. The summed E-state index contributed by atoms with van der Waals surface area (Å²) in [6.07, 6.45) is 0.651. The number of aromatic nitrogens is 2. The molecule has 2 rings (SSSR count). The van der Waals surface area contributed by atoms with Gasteiger partial charge in [0.15, 0.2) is 0 Å². The van der Waals surface area contributed by atoms with E-state index in [1.54, 1.807) is 38.4 Å². The Morgan fingerprint density at radius 1 is 1.33 bits per heavy atom. The van der Waals surface area contributed by atoms with Crippen molar-refractivity contribution in [1.82, 2.24) is 14.5 Å². The normalized spacial score (nSPS) is 10.2. The average Bonchev–Trinajstić information content (AvgIpc) is 2.95. The first-order valence-corrected chi connectivity index (χ1v) is 7.24. The van der Waals surface area contributed by atoms with Crippen LogP contribution < -0.4 is 5.32 Å². The van der Waals surface area contributed by atoms with Gasteiger partial charge < -0.3 is 10.2 Å². The molecule has 0 aliphatic carbocycles. The van der Waals surface area contributed by atoms with Crippen molar-refractivity contribution in [3.8, 4) is 0 Å². The Morgan fingerprint density at radius 2 is 2.10 bits per heavy atom. The van der Waals surface area contributed by atoms with Crippen molar-refractivity contribution in [1.29, 1.82) is 0 Å². The van der Waals surface area contributed by atoms with Crippen LogP contribution in [0, 0.1) is 0 Å². The number of nitrogens with zero attached hydrogens (tertiary/aromatic N) is 3. The van der Waals surface area contributed by atoms with Crippen LogP contribution >= 0.6 is 11.5 Å². The Hall–Kier alpha value is -2.28. The maximum absolute atomic E-state index is 12.2. The standard InChI is InChI=1S/C14H16N4O2S/c1-4-11-12(21-17-16-11)13(19)15-10-7-5-6-9(8-10)14(20)18(2)3/h5-8H,4H2,1-3H3,(H,15,19). The van der Waals surface area contributed by atoms with Crippen LogP contribution in [0.25, 0.3) is 0 Å². The second kappa shape index (κ2) is 6.45. The van der Waals surface area contributed by atoms with E-state index in [0.717, 1.165) is 11.5 Å². The predicted octanol–water partition coefficient (Wildman–Crippen LogP) is 2.05. The highest BCUT2D eigenvalue weighted by Crippen LogP contribution is 2.16. The molecule has 0 fully saturated rings. The van der Waals surface area contributed by atoms with Crippen LogP contribution in [-0.2, 0) is 6.42 Å². The van der Waals surface area contributed by atoms with E-state index in [-0.39, 0.29) is 11.8 Å². The fourth-order valence-corrected chi connectivity index (χ4v) is 2.43. The summed E-state index contributed by atoms with van der Waals surface area (Å²) in [5.74, 6) is -0.365. The number of hydrogen-bond donors (Lipinski definition) is 1. The Balaban J connectivity index is 2.18. The van der Waals surface area contributed by atoms with Crippen molar-refractivity contribution in [2.45, 2.75) is 13.3 Å².